The first-order chi connectivity index (χ1) is 9.35. The van der Waals surface area contributed by atoms with Crippen molar-refractivity contribution in [3.05, 3.63) is 30.1 Å². The molecule has 0 aliphatic carbocycles. The Hall–Kier alpha value is -1.69. The van der Waals surface area contributed by atoms with Crippen molar-refractivity contribution in [1.82, 2.24) is 29.9 Å². The summed E-state index contributed by atoms with van der Waals surface area (Å²) in [7, 11) is 0. The van der Waals surface area contributed by atoms with Crippen LogP contribution in [0.5, 0.6) is 0 Å². The maximum absolute atomic E-state index is 4.20. The summed E-state index contributed by atoms with van der Waals surface area (Å²) in [6, 6.07) is 0.401. The molecule has 0 radical (unpaired) electrons. The third-order valence-corrected chi connectivity index (χ3v) is 3.01. The van der Waals surface area contributed by atoms with Crippen LogP contribution in [0.1, 0.15) is 52.0 Å². The second kappa shape index (κ2) is 5.75. The van der Waals surface area contributed by atoms with Gasteiger partial charge in [0.15, 0.2) is 0 Å². The molecule has 2 aromatic rings. The van der Waals surface area contributed by atoms with Gasteiger partial charge in [0.2, 0.25) is 0 Å². The molecule has 2 rings (SSSR count). The largest absolute Gasteiger partial charge is 0.330 e. The molecule has 0 bridgehead atoms. The lowest BCUT2D eigenvalue weighted by Crippen LogP contribution is -2.35. The van der Waals surface area contributed by atoms with Crippen LogP contribution in [0.15, 0.2) is 18.7 Å². The molecule has 0 unspecified atom stereocenters. The predicted octanol–water partition coefficient (Wildman–Crippen LogP) is 1.99. The molecule has 0 saturated carbocycles. The number of rotatable bonds is 5. The molecule has 0 aliphatic rings. The first-order valence-corrected chi connectivity index (χ1v) is 7.00. The van der Waals surface area contributed by atoms with Crippen LogP contribution in [0.2, 0.25) is 0 Å². The van der Waals surface area contributed by atoms with Crippen molar-refractivity contribution in [3.8, 4) is 0 Å². The van der Waals surface area contributed by atoms with Crippen molar-refractivity contribution in [2.24, 2.45) is 0 Å². The van der Waals surface area contributed by atoms with Crippen molar-refractivity contribution in [2.45, 2.75) is 59.3 Å². The first kappa shape index (κ1) is 14.7. The molecule has 6 heteroatoms. The van der Waals surface area contributed by atoms with Gasteiger partial charge < -0.3 is 9.88 Å². The summed E-state index contributed by atoms with van der Waals surface area (Å²) in [5.74, 6) is 0. The molecule has 0 aliphatic heterocycles. The van der Waals surface area contributed by atoms with E-state index in [2.05, 4.69) is 59.8 Å². The standard InChI is InChI=1S/C14H24N6/c1-11(2)20-10-15-7-13(20)9-19-8-12(17-18-19)6-16-14(3,4)5/h7-8,10-11,16H,6,9H2,1-5H3. The van der Waals surface area contributed by atoms with Gasteiger partial charge >= 0.3 is 0 Å². The zero-order valence-electron chi connectivity index (χ0n) is 13.0. The second-order valence-electron chi connectivity index (χ2n) is 6.40. The Bertz CT molecular complexity index is 546. The minimum absolute atomic E-state index is 0.0834. The average Bonchev–Trinajstić information content (AvgIpc) is 2.95. The van der Waals surface area contributed by atoms with E-state index < -0.39 is 0 Å². The van der Waals surface area contributed by atoms with Crippen molar-refractivity contribution in [2.75, 3.05) is 0 Å². The van der Waals surface area contributed by atoms with E-state index in [4.69, 9.17) is 0 Å². The van der Waals surface area contributed by atoms with E-state index >= 15 is 0 Å². The zero-order valence-corrected chi connectivity index (χ0v) is 13.0. The van der Waals surface area contributed by atoms with Crippen molar-refractivity contribution in [1.29, 1.82) is 0 Å². The van der Waals surface area contributed by atoms with Crippen LogP contribution < -0.4 is 5.32 Å². The Kier molecular flexibility index (Phi) is 4.23. The molecular weight excluding hydrogens is 252 g/mol. The molecule has 2 heterocycles. The van der Waals surface area contributed by atoms with Gasteiger partial charge in [-0.1, -0.05) is 5.21 Å². The van der Waals surface area contributed by atoms with Gasteiger partial charge in [-0.05, 0) is 34.6 Å². The maximum atomic E-state index is 4.20. The highest BCUT2D eigenvalue weighted by Gasteiger charge is 2.11. The quantitative estimate of drug-likeness (QED) is 0.907. The smallest absolute Gasteiger partial charge is 0.0965 e. The van der Waals surface area contributed by atoms with Crippen LogP contribution in [0, 0.1) is 0 Å². The predicted molar refractivity (Wildman–Crippen MR) is 78.3 cm³/mol. The van der Waals surface area contributed by atoms with Gasteiger partial charge in [0.05, 0.1) is 36.7 Å². The summed E-state index contributed by atoms with van der Waals surface area (Å²) in [6.07, 6.45) is 5.73. The monoisotopic (exact) mass is 276 g/mol. The summed E-state index contributed by atoms with van der Waals surface area (Å²) >= 11 is 0. The molecule has 20 heavy (non-hydrogen) atoms. The van der Waals surface area contributed by atoms with Gasteiger partial charge in [-0.25, -0.2) is 9.67 Å². The highest BCUT2D eigenvalue weighted by Crippen LogP contribution is 2.10. The molecule has 2 aromatic heterocycles. The summed E-state index contributed by atoms with van der Waals surface area (Å²) in [5, 5.41) is 11.8. The van der Waals surface area contributed by atoms with E-state index in [9.17, 15) is 0 Å². The Morgan fingerprint density at radius 1 is 1.30 bits per heavy atom. The van der Waals surface area contributed by atoms with Gasteiger partial charge in [-0.2, -0.15) is 0 Å². The SMILES string of the molecule is CC(C)n1cncc1Cn1cc(CNC(C)(C)C)nn1. The third kappa shape index (κ3) is 3.90. The lowest BCUT2D eigenvalue weighted by atomic mass is 10.1. The van der Waals surface area contributed by atoms with E-state index in [-0.39, 0.29) is 5.54 Å². The second-order valence-corrected chi connectivity index (χ2v) is 6.40. The highest BCUT2D eigenvalue weighted by atomic mass is 15.4. The van der Waals surface area contributed by atoms with E-state index in [0.29, 0.717) is 12.6 Å². The van der Waals surface area contributed by atoms with Gasteiger partial charge in [-0.3, -0.25) is 0 Å². The van der Waals surface area contributed by atoms with E-state index in [0.717, 1.165) is 17.9 Å². The van der Waals surface area contributed by atoms with E-state index in [1.54, 1.807) is 0 Å². The topological polar surface area (TPSA) is 60.6 Å². The van der Waals surface area contributed by atoms with E-state index in [1.807, 2.05) is 23.4 Å². The molecule has 110 valence electrons. The van der Waals surface area contributed by atoms with Gasteiger partial charge in [0.25, 0.3) is 0 Å². The Balaban J connectivity index is 2.01. The van der Waals surface area contributed by atoms with Crippen LogP contribution in [-0.4, -0.2) is 30.1 Å². The fourth-order valence-electron chi connectivity index (χ4n) is 1.94. The Morgan fingerprint density at radius 2 is 2.05 bits per heavy atom. The number of nitrogens with one attached hydrogen (secondary N) is 1. The van der Waals surface area contributed by atoms with Gasteiger partial charge in [-0.15, -0.1) is 5.10 Å². The average molecular weight is 276 g/mol. The summed E-state index contributed by atoms with van der Waals surface area (Å²) in [6.45, 7) is 12.1. The van der Waals surface area contributed by atoms with Crippen LogP contribution in [0.25, 0.3) is 0 Å². The highest BCUT2D eigenvalue weighted by molar-refractivity contribution is 5.02. The summed E-state index contributed by atoms with van der Waals surface area (Å²) < 4.78 is 4.00. The molecule has 0 spiro atoms. The number of imidazole rings is 1. The molecule has 1 N–H and O–H groups in total. The molecule has 0 atom stereocenters. The Labute approximate surface area is 120 Å². The zero-order chi connectivity index (χ0) is 14.8. The molecule has 0 fully saturated rings. The van der Waals surface area contributed by atoms with Gasteiger partial charge in [0, 0.05) is 18.1 Å². The van der Waals surface area contributed by atoms with E-state index in [1.165, 1.54) is 0 Å². The molecule has 6 nitrogen and oxygen atoms in total. The first-order valence-electron chi connectivity index (χ1n) is 7.00. The minimum Gasteiger partial charge on any atom is -0.330 e. The normalized spacial score (nSPS) is 12.3. The number of aromatic nitrogens is 5. The summed E-state index contributed by atoms with van der Waals surface area (Å²) in [4.78, 5) is 4.20. The van der Waals surface area contributed by atoms with Crippen LogP contribution in [0.3, 0.4) is 0 Å². The van der Waals surface area contributed by atoms with Crippen LogP contribution >= 0.6 is 0 Å². The number of hydrogen-bond donors (Lipinski definition) is 1. The third-order valence-electron chi connectivity index (χ3n) is 3.01. The van der Waals surface area contributed by atoms with Crippen molar-refractivity contribution >= 4 is 0 Å². The fourth-order valence-corrected chi connectivity index (χ4v) is 1.94. The van der Waals surface area contributed by atoms with Crippen LogP contribution in [0.4, 0.5) is 0 Å². The maximum Gasteiger partial charge on any atom is 0.0965 e. The Morgan fingerprint density at radius 3 is 2.70 bits per heavy atom. The molecular formula is C14H24N6. The summed E-state index contributed by atoms with van der Waals surface area (Å²) in [5.41, 5.74) is 2.18. The van der Waals surface area contributed by atoms with Gasteiger partial charge in [0.1, 0.15) is 0 Å². The fraction of sp³-hybridized carbons (Fsp3) is 0.643. The van der Waals surface area contributed by atoms with Crippen molar-refractivity contribution in [3.63, 3.8) is 0 Å². The van der Waals surface area contributed by atoms with Crippen LogP contribution in [-0.2, 0) is 13.1 Å². The van der Waals surface area contributed by atoms with Crippen molar-refractivity contribution < 1.29 is 0 Å². The molecule has 0 amide bonds. The molecule has 0 aromatic carbocycles. The lowest BCUT2D eigenvalue weighted by Gasteiger charge is -2.19. The minimum atomic E-state index is 0.0834. The number of nitrogens with zero attached hydrogens (tertiary/aromatic N) is 5. The molecule has 0 saturated heterocycles. The lowest BCUT2D eigenvalue weighted by molar-refractivity contribution is 0.421. The number of hydrogen-bond acceptors (Lipinski definition) is 4.